The Kier molecular flexibility index (Phi) is 3.26. The largest absolute Gasteiger partial charge is 0.282 e. The molecule has 1 aliphatic rings. The van der Waals surface area contributed by atoms with E-state index in [9.17, 15) is 9.59 Å². The van der Waals surface area contributed by atoms with E-state index >= 15 is 0 Å². The third-order valence-electron chi connectivity index (χ3n) is 2.29. The molecule has 1 aliphatic heterocycles. The van der Waals surface area contributed by atoms with Gasteiger partial charge in [0.05, 0.1) is 12.3 Å². The monoisotopic (exact) mass is 237 g/mol. The number of anilines is 1. The van der Waals surface area contributed by atoms with Crippen LogP contribution in [0, 0.1) is 0 Å². The molecule has 0 aromatic heterocycles. The summed E-state index contributed by atoms with van der Waals surface area (Å²) in [6, 6.07) is 5.27. The van der Waals surface area contributed by atoms with Crippen LogP contribution in [0.4, 0.5) is 5.69 Å². The highest BCUT2D eigenvalue weighted by Crippen LogP contribution is 2.32. The van der Waals surface area contributed by atoms with Crippen LogP contribution in [0.5, 0.6) is 0 Å². The molecule has 0 atom stereocenters. The number of thioether (sulfide) groups is 1. The average Bonchev–Trinajstić information content (AvgIpc) is 2.67. The van der Waals surface area contributed by atoms with Gasteiger partial charge in [0, 0.05) is 11.3 Å². The van der Waals surface area contributed by atoms with Crippen molar-refractivity contribution in [3.05, 3.63) is 29.3 Å². The first kappa shape index (κ1) is 11.2. The highest BCUT2D eigenvalue weighted by Gasteiger charge is 2.21. The minimum atomic E-state index is 0.0932. The van der Waals surface area contributed by atoms with Crippen molar-refractivity contribution in [2.75, 3.05) is 11.7 Å². The van der Waals surface area contributed by atoms with Crippen molar-refractivity contribution < 1.29 is 14.4 Å². The van der Waals surface area contributed by atoms with Crippen LogP contribution in [0.2, 0.25) is 0 Å². The maximum absolute atomic E-state index is 11.4. The second-order valence-electron chi connectivity index (χ2n) is 3.27. The topological polar surface area (TPSA) is 46.6 Å². The number of amides is 1. The van der Waals surface area contributed by atoms with E-state index in [2.05, 4.69) is 0 Å². The van der Waals surface area contributed by atoms with E-state index in [1.54, 1.807) is 12.1 Å². The van der Waals surface area contributed by atoms with Gasteiger partial charge in [0.2, 0.25) is 11.5 Å². The summed E-state index contributed by atoms with van der Waals surface area (Å²) in [4.78, 5) is 27.3. The Balaban J connectivity index is 2.30. The number of hydrogen-bond donors (Lipinski definition) is 0. The molecule has 1 heterocycles. The molecule has 16 heavy (non-hydrogen) atoms. The van der Waals surface area contributed by atoms with Crippen molar-refractivity contribution in [1.29, 1.82) is 0 Å². The maximum atomic E-state index is 11.4. The Labute approximate surface area is 97.5 Å². The number of nitrogens with zero attached hydrogens (tertiary/aromatic N) is 1. The number of fused-ring (bicyclic) bond motifs is 1. The van der Waals surface area contributed by atoms with Crippen LogP contribution in [-0.2, 0) is 15.4 Å². The summed E-state index contributed by atoms with van der Waals surface area (Å²) in [7, 11) is 0. The van der Waals surface area contributed by atoms with E-state index in [0.29, 0.717) is 24.5 Å². The molecule has 0 fully saturated rings. The SMILES string of the molecule is CCON(C=O)c1ccc2c(c1)CSC2=O. The summed E-state index contributed by atoms with van der Waals surface area (Å²) < 4.78 is 0. The lowest BCUT2D eigenvalue weighted by Gasteiger charge is -2.16. The summed E-state index contributed by atoms with van der Waals surface area (Å²) in [5.41, 5.74) is 2.35. The van der Waals surface area contributed by atoms with Gasteiger partial charge in [-0.05, 0) is 30.7 Å². The minimum absolute atomic E-state index is 0.0932. The molecule has 0 bridgehead atoms. The standard InChI is InChI=1S/C11H11NO3S/c1-2-15-12(7-13)9-3-4-10-8(5-9)6-16-11(10)14/h3-5,7H,2,6H2,1H3. The molecule has 0 saturated carbocycles. The Morgan fingerprint density at radius 1 is 1.56 bits per heavy atom. The maximum Gasteiger partial charge on any atom is 0.238 e. The number of rotatable bonds is 4. The number of carbonyl (C=O) groups excluding carboxylic acids is 2. The van der Waals surface area contributed by atoms with E-state index < -0.39 is 0 Å². The van der Waals surface area contributed by atoms with Crippen molar-refractivity contribution >= 4 is 29.0 Å². The van der Waals surface area contributed by atoms with Gasteiger partial charge in [0.1, 0.15) is 0 Å². The Morgan fingerprint density at radius 3 is 3.06 bits per heavy atom. The Morgan fingerprint density at radius 2 is 2.38 bits per heavy atom. The van der Waals surface area contributed by atoms with E-state index in [0.717, 1.165) is 11.1 Å². The number of benzene rings is 1. The number of carbonyl (C=O) groups is 2. The predicted octanol–water partition coefficient (Wildman–Crippen LogP) is 1.99. The normalized spacial score (nSPS) is 13.7. The number of hydrogen-bond acceptors (Lipinski definition) is 4. The van der Waals surface area contributed by atoms with E-state index in [1.165, 1.54) is 16.8 Å². The zero-order valence-electron chi connectivity index (χ0n) is 8.80. The smallest absolute Gasteiger partial charge is 0.238 e. The fraction of sp³-hybridized carbons (Fsp3) is 0.273. The van der Waals surface area contributed by atoms with Gasteiger partial charge in [-0.25, -0.2) is 0 Å². The molecule has 1 aromatic rings. The molecule has 84 valence electrons. The van der Waals surface area contributed by atoms with Crippen molar-refractivity contribution in [1.82, 2.24) is 0 Å². The van der Waals surface area contributed by atoms with E-state index in [4.69, 9.17) is 4.84 Å². The summed E-state index contributed by atoms with van der Waals surface area (Å²) in [5, 5.41) is 1.27. The van der Waals surface area contributed by atoms with Gasteiger partial charge >= 0.3 is 0 Å². The molecule has 4 nitrogen and oxygen atoms in total. The molecular weight excluding hydrogens is 226 g/mol. The summed E-state index contributed by atoms with van der Waals surface area (Å²) in [6.07, 6.45) is 0.620. The molecule has 5 heteroatoms. The fourth-order valence-electron chi connectivity index (χ4n) is 1.56. The van der Waals surface area contributed by atoms with Crippen LogP contribution < -0.4 is 5.06 Å². The van der Waals surface area contributed by atoms with Crippen LogP contribution in [-0.4, -0.2) is 18.1 Å². The van der Waals surface area contributed by atoms with Gasteiger partial charge in [-0.3, -0.25) is 14.4 Å². The quantitative estimate of drug-likeness (QED) is 0.593. The lowest BCUT2D eigenvalue weighted by Crippen LogP contribution is -2.21. The molecule has 0 spiro atoms. The molecule has 0 saturated heterocycles. The third kappa shape index (κ3) is 1.96. The van der Waals surface area contributed by atoms with Crippen molar-refractivity contribution in [3.8, 4) is 0 Å². The molecule has 0 N–H and O–H groups in total. The number of hydroxylamine groups is 1. The zero-order valence-corrected chi connectivity index (χ0v) is 9.62. The van der Waals surface area contributed by atoms with Crippen molar-refractivity contribution in [2.24, 2.45) is 0 Å². The predicted molar refractivity (Wildman–Crippen MR) is 62.2 cm³/mol. The molecule has 0 unspecified atom stereocenters. The molecule has 0 radical (unpaired) electrons. The van der Waals surface area contributed by atoms with Crippen LogP contribution in [0.25, 0.3) is 0 Å². The van der Waals surface area contributed by atoms with Crippen molar-refractivity contribution in [3.63, 3.8) is 0 Å². The van der Waals surface area contributed by atoms with Gasteiger partial charge < -0.3 is 0 Å². The highest BCUT2D eigenvalue weighted by molar-refractivity contribution is 8.13. The molecule has 1 aromatic carbocycles. The summed E-state index contributed by atoms with van der Waals surface area (Å²) >= 11 is 1.28. The van der Waals surface area contributed by atoms with Crippen LogP contribution in [0.3, 0.4) is 0 Å². The second-order valence-corrected chi connectivity index (χ2v) is 4.21. The molecule has 2 rings (SSSR count). The van der Waals surface area contributed by atoms with Crippen LogP contribution in [0.1, 0.15) is 22.8 Å². The molecular formula is C11H11NO3S. The van der Waals surface area contributed by atoms with Crippen LogP contribution >= 0.6 is 11.8 Å². The molecule has 0 aliphatic carbocycles. The fourth-order valence-corrected chi connectivity index (χ4v) is 2.44. The summed E-state index contributed by atoms with van der Waals surface area (Å²) in [6.45, 7) is 2.23. The molecule has 1 amide bonds. The first-order valence-electron chi connectivity index (χ1n) is 4.93. The van der Waals surface area contributed by atoms with E-state index in [1.807, 2.05) is 13.0 Å². The average molecular weight is 237 g/mol. The zero-order chi connectivity index (χ0) is 11.5. The second kappa shape index (κ2) is 4.67. The Bertz CT molecular complexity index is 433. The van der Waals surface area contributed by atoms with E-state index in [-0.39, 0.29) is 5.12 Å². The highest BCUT2D eigenvalue weighted by atomic mass is 32.2. The van der Waals surface area contributed by atoms with Gasteiger partial charge in [-0.1, -0.05) is 11.8 Å². The van der Waals surface area contributed by atoms with Crippen molar-refractivity contribution in [2.45, 2.75) is 12.7 Å². The van der Waals surface area contributed by atoms with Crippen LogP contribution in [0.15, 0.2) is 18.2 Å². The first-order valence-corrected chi connectivity index (χ1v) is 5.92. The minimum Gasteiger partial charge on any atom is -0.282 e. The van der Waals surface area contributed by atoms with Gasteiger partial charge in [0.15, 0.2) is 0 Å². The third-order valence-corrected chi connectivity index (χ3v) is 3.22. The lowest BCUT2D eigenvalue weighted by molar-refractivity contribution is -0.113. The van der Waals surface area contributed by atoms with Gasteiger partial charge in [-0.2, -0.15) is 5.06 Å². The van der Waals surface area contributed by atoms with Gasteiger partial charge in [0.25, 0.3) is 0 Å². The Hall–Kier alpha value is -1.33. The van der Waals surface area contributed by atoms with Gasteiger partial charge in [-0.15, -0.1) is 0 Å². The lowest BCUT2D eigenvalue weighted by atomic mass is 10.1. The first-order chi connectivity index (χ1) is 7.76. The summed E-state index contributed by atoms with van der Waals surface area (Å²) in [5.74, 6) is 0.667.